The van der Waals surface area contributed by atoms with Gasteiger partial charge in [-0.1, -0.05) is 12.1 Å². The minimum atomic E-state index is -0.227. The Kier molecular flexibility index (Phi) is 10.2. The maximum absolute atomic E-state index is 13.0. The molecule has 1 unspecified atom stereocenters. The van der Waals surface area contributed by atoms with E-state index in [2.05, 4.69) is 38.2 Å². The first-order chi connectivity index (χ1) is 21.4. The minimum absolute atomic E-state index is 0.107. The van der Waals surface area contributed by atoms with E-state index in [9.17, 15) is 19.2 Å². The van der Waals surface area contributed by atoms with E-state index >= 15 is 0 Å². The summed E-state index contributed by atoms with van der Waals surface area (Å²) in [6.45, 7) is 9.02. The van der Waals surface area contributed by atoms with Crippen molar-refractivity contribution in [3.05, 3.63) is 29.8 Å². The third kappa shape index (κ3) is 7.64. The smallest absolute Gasteiger partial charge is 0.234 e. The molecule has 9 heteroatoms. The lowest BCUT2D eigenvalue weighted by Crippen LogP contribution is -2.45. The Labute approximate surface area is 262 Å². The third-order valence-electron chi connectivity index (χ3n) is 11.3. The van der Waals surface area contributed by atoms with Crippen LogP contribution in [-0.2, 0) is 19.2 Å². The lowest BCUT2D eigenvalue weighted by molar-refractivity contribution is -0.139. The van der Waals surface area contributed by atoms with E-state index in [1.807, 2.05) is 6.07 Å². The van der Waals surface area contributed by atoms with Gasteiger partial charge >= 0.3 is 0 Å². The molecule has 0 radical (unpaired) electrons. The molecular formula is C35H51N5O4. The summed E-state index contributed by atoms with van der Waals surface area (Å²) in [6, 6.07) is 8.39. The number of rotatable bonds is 8. The zero-order valence-electron chi connectivity index (χ0n) is 26.3. The van der Waals surface area contributed by atoms with Crippen LogP contribution in [0.25, 0.3) is 0 Å². The summed E-state index contributed by atoms with van der Waals surface area (Å²) in [5.41, 5.74) is 2.21. The number of nitrogens with one attached hydrogen (secondary N) is 1. The van der Waals surface area contributed by atoms with Gasteiger partial charge in [0.1, 0.15) is 0 Å². The summed E-state index contributed by atoms with van der Waals surface area (Å²) in [6.07, 6.45) is 12.2. The van der Waals surface area contributed by atoms with Gasteiger partial charge in [-0.25, -0.2) is 0 Å². The van der Waals surface area contributed by atoms with E-state index in [1.165, 1.54) is 57.4 Å². The predicted octanol–water partition coefficient (Wildman–Crippen LogP) is 3.63. The van der Waals surface area contributed by atoms with Crippen molar-refractivity contribution >= 4 is 29.8 Å². The molecular weight excluding hydrogens is 554 g/mol. The minimum Gasteiger partial charge on any atom is -0.372 e. The second kappa shape index (κ2) is 14.4. The molecule has 5 fully saturated rings. The van der Waals surface area contributed by atoms with E-state index in [0.717, 1.165) is 94.7 Å². The largest absolute Gasteiger partial charge is 0.372 e. The molecule has 0 aliphatic carbocycles. The Bertz CT molecular complexity index is 1160. The Morgan fingerprint density at radius 2 is 1.45 bits per heavy atom. The summed E-state index contributed by atoms with van der Waals surface area (Å²) in [7, 11) is 0. The number of carbonyl (C=O) groups excluding carboxylic acids is 4. The molecule has 6 rings (SSSR count). The number of benzene rings is 1. The van der Waals surface area contributed by atoms with Gasteiger partial charge in [0.15, 0.2) is 0 Å². The number of carbonyl (C=O) groups is 4. The van der Waals surface area contributed by atoms with Crippen molar-refractivity contribution in [2.24, 2.45) is 23.7 Å². The van der Waals surface area contributed by atoms with Crippen LogP contribution < -0.4 is 10.2 Å². The fourth-order valence-corrected chi connectivity index (χ4v) is 8.46. The topological polar surface area (TPSA) is 93.3 Å². The van der Waals surface area contributed by atoms with Crippen molar-refractivity contribution in [3.8, 4) is 0 Å². The van der Waals surface area contributed by atoms with Crippen LogP contribution in [0.2, 0.25) is 0 Å². The molecule has 0 spiro atoms. The highest BCUT2D eigenvalue weighted by Crippen LogP contribution is 2.33. The summed E-state index contributed by atoms with van der Waals surface area (Å²) in [5.74, 6) is 2.20. The molecule has 0 bridgehead atoms. The van der Waals surface area contributed by atoms with Crippen LogP contribution in [0.15, 0.2) is 24.3 Å². The Balaban J connectivity index is 0.874. The van der Waals surface area contributed by atoms with Crippen LogP contribution >= 0.6 is 0 Å². The molecule has 4 amide bonds. The molecule has 44 heavy (non-hydrogen) atoms. The number of likely N-dealkylation sites (tertiary alicyclic amines) is 3. The Morgan fingerprint density at radius 1 is 0.795 bits per heavy atom. The zero-order valence-corrected chi connectivity index (χ0v) is 26.3. The first kappa shape index (κ1) is 31.1. The number of nitrogens with zero attached hydrogens (tertiary/aromatic N) is 4. The highest BCUT2D eigenvalue weighted by molar-refractivity contribution is 6.01. The molecule has 240 valence electrons. The van der Waals surface area contributed by atoms with E-state index < -0.39 is 0 Å². The molecule has 1 aromatic rings. The second-order valence-electron chi connectivity index (χ2n) is 14.2. The van der Waals surface area contributed by atoms with Gasteiger partial charge in [-0.05, 0) is 113 Å². The first-order valence-electron chi connectivity index (χ1n) is 17.3. The average molecular weight is 606 g/mol. The van der Waals surface area contributed by atoms with Crippen molar-refractivity contribution < 1.29 is 19.2 Å². The maximum atomic E-state index is 13.0. The van der Waals surface area contributed by atoms with Crippen molar-refractivity contribution in [3.63, 3.8) is 0 Å². The quantitative estimate of drug-likeness (QED) is 0.360. The van der Waals surface area contributed by atoms with Gasteiger partial charge in [0.25, 0.3) is 0 Å². The fraction of sp³-hybridized carbons (Fsp3) is 0.714. The molecule has 0 saturated carbocycles. The Hall–Kier alpha value is -2.94. The molecule has 5 heterocycles. The van der Waals surface area contributed by atoms with Crippen LogP contribution in [0.3, 0.4) is 0 Å². The van der Waals surface area contributed by atoms with Crippen molar-refractivity contribution in [1.82, 2.24) is 20.0 Å². The maximum Gasteiger partial charge on any atom is 0.234 e. The summed E-state index contributed by atoms with van der Waals surface area (Å²) >= 11 is 0. The van der Waals surface area contributed by atoms with Gasteiger partial charge < -0.3 is 19.6 Å². The number of hydrogen-bond acceptors (Lipinski definition) is 6. The monoisotopic (exact) mass is 605 g/mol. The molecule has 9 nitrogen and oxygen atoms in total. The molecule has 5 aliphatic heterocycles. The molecule has 5 saturated heterocycles. The number of hydrogen-bond donors (Lipinski definition) is 1. The predicted molar refractivity (Wildman–Crippen MR) is 170 cm³/mol. The fourth-order valence-electron chi connectivity index (χ4n) is 8.46. The van der Waals surface area contributed by atoms with E-state index in [4.69, 9.17) is 0 Å². The number of anilines is 1. The molecule has 5 aliphatic rings. The highest BCUT2D eigenvalue weighted by atomic mass is 16.2. The number of amides is 4. The van der Waals surface area contributed by atoms with Gasteiger partial charge in [-0.2, -0.15) is 0 Å². The SMILES string of the molecule is O=CN1CCC(C(=O)N2CCC(CC3CCN(CC4CCN(c5cccc(C6CCC(=O)NC6=O)c5)CC4)CC3)CC2)CC1. The van der Waals surface area contributed by atoms with E-state index in [-0.39, 0.29) is 23.7 Å². The van der Waals surface area contributed by atoms with Crippen molar-refractivity contribution in [1.29, 1.82) is 0 Å². The van der Waals surface area contributed by atoms with Gasteiger partial charge in [-0.3, -0.25) is 24.5 Å². The number of imide groups is 1. The second-order valence-corrected chi connectivity index (χ2v) is 14.2. The zero-order chi connectivity index (χ0) is 30.5. The molecule has 1 atom stereocenters. The average Bonchev–Trinajstić information content (AvgIpc) is 3.06. The normalized spacial score (nSPS) is 25.7. The first-order valence-corrected chi connectivity index (χ1v) is 17.3. The number of piperidine rings is 5. The van der Waals surface area contributed by atoms with Gasteiger partial charge in [0.05, 0.1) is 5.92 Å². The summed E-state index contributed by atoms with van der Waals surface area (Å²) in [4.78, 5) is 57.0. The molecule has 0 aromatic heterocycles. The standard InChI is InChI=1S/C35H51N5O4/c41-25-38-16-12-29(13-17-38)35(44)40-20-8-27(9-21-40)22-26-6-14-37(15-7-26)24-28-10-18-39(19-11-28)31-3-1-2-30(23-31)32-4-5-33(42)36-34(32)43/h1-3,23,25-29,32H,4-22,24H2,(H,36,42,43). The Morgan fingerprint density at radius 3 is 2.11 bits per heavy atom. The third-order valence-corrected chi connectivity index (χ3v) is 11.3. The van der Waals surface area contributed by atoms with Crippen LogP contribution in [0.5, 0.6) is 0 Å². The van der Waals surface area contributed by atoms with Gasteiger partial charge in [-0.15, -0.1) is 0 Å². The van der Waals surface area contributed by atoms with E-state index in [1.54, 1.807) is 4.90 Å². The van der Waals surface area contributed by atoms with E-state index in [0.29, 0.717) is 18.7 Å². The summed E-state index contributed by atoms with van der Waals surface area (Å²) < 4.78 is 0. The summed E-state index contributed by atoms with van der Waals surface area (Å²) in [5, 5.41) is 2.49. The van der Waals surface area contributed by atoms with Gasteiger partial charge in [0, 0.05) is 63.8 Å². The molecule has 1 N–H and O–H groups in total. The van der Waals surface area contributed by atoms with Crippen LogP contribution in [0.1, 0.15) is 82.1 Å². The van der Waals surface area contributed by atoms with Crippen LogP contribution in [0, 0.1) is 23.7 Å². The van der Waals surface area contributed by atoms with Crippen molar-refractivity contribution in [2.75, 3.05) is 63.8 Å². The van der Waals surface area contributed by atoms with Crippen LogP contribution in [0.4, 0.5) is 5.69 Å². The van der Waals surface area contributed by atoms with Crippen molar-refractivity contribution in [2.45, 2.75) is 76.5 Å². The molecule has 1 aromatic carbocycles. The lowest BCUT2D eigenvalue weighted by Gasteiger charge is -2.40. The highest BCUT2D eigenvalue weighted by Gasteiger charge is 2.33. The van der Waals surface area contributed by atoms with Crippen LogP contribution in [-0.4, -0.2) is 97.7 Å². The lowest BCUT2D eigenvalue weighted by atomic mass is 9.82. The van der Waals surface area contributed by atoms with Gasteiger partial charge in [0.2, 0.25) is 24.1 Å².